The Hall–Kier alpha value is -2.54. The molecule has 7 nitrogen and oxygen atoms in total. The quantitative estimate of drug-likeness (QED) is 0.407. The van der Waals surface area contributed by atoms with Crippen molar-refractivity contribution in [1.29, 1.82) is 0 Å². The van der Waals surface area contributed by atoms with Crippen molar-refractivity contribution in [2.45, 2.75) is 0 Å². The fraction of sp³-hybridized carbons (Fsp3) is 0. The second-order valence-corrected chi connectivity index (χ2v) is 4.09. The van der Waals surface area contributed by atoms with Crippen molar-refractivity contribution >= 4 is 28.3 Å². The third-order valence-corrected chi connectivity index (χ3v) is 2.77. The summed E-state index contributed by atoms with van der Waals surface area (Å²) in [6.07, 6.45) is 3.17. The van der Waals surface area contributed by atoms with E-state index in [1.807, 2.05) is 0 Å². The summed E-state index contributed by atoms with van der Waals surface area (Å²) in [5, 5.41) is 15.6. The van der Waals surface area contributed by atoms with Gasteiger partial charge in [-0.25, -0.2) is 9.67 Å². The first kappa shape index (κ1) is 11.5. The van der Waals surface area contributed by atoms with Gasteiger partial charge in [-0.15, -0.1) is 0 Å². The molecule has 0 saturated carbocycles. The molecule has 0 aliphatic rings. The number of non-ortho nitro benzene ring substituents is 1. The molecule has 1 aromatic carbocycles. The van der Waals surface area contributed by atoms with Crippen LogP contribution >= 0.6 is 11.6 Å². The SMILES string of the molecule is O=[N+]([O-])c1ccc(-n2ncc3cnc(Cl)nc32)cc1. The minimum atomic E-state index is -0.454. The highest BCUT2D eigenvalue weighted by Gasteiger charge is 2.09. The molecular weight excluding hydrogens is 270 g/mol. The summed E-state index contributed by atoms with van der Waals surface area (Å²) in [7, 11) is 0. The van der Waals surface area contributed by atoms with E-state index in [-0.39, 0.29) is 11.0 Å². The first-order valence-corrected chi connectivity index (χ1v) is 5.64. The van der Waals surface area contributed by atoms with E-state index in [4.69, 9.17) is 11.6 Å². The van der Waals surface area contributed by atoms with Gasteiger partial charge in [0.25, 0.3) is 5.69 Å². The topological polar surface area (TPSA) is 86.7 Å². The van der Waals surface area contributed by atoms with E-state index in [1.165, 1.54) is 12.1 Å². The normalized spacial score (nSPS) is 10.8. The monoisotopic (exact) mass is 275 g/mol. The zero-order valence-electron chi connectivity index (χ0n) is 9.39. The number of nitro benzene ring substituents is 1. The minimum Gasteiger partial charge on any atom is -0.258 e. The van der Waals surface area contributed by atoms with Gasteiger partial charge in [0.1, 0.15) is 0 Å². The number of hydrogen-bond donors (Lipinski definition) is 0. The number of benzene rings is 1. The Morgan fingerprint density at radius 2 is 1.95 bits per heavy atom. The van der Waals surface area contributed by atoms with Crippen LogP contribution in [0.4, 0.5) is 5.69 Å². The Balaban J connectivity index is 2.13. The molecule has 94 valence electrons. The van der Waals surface area contributed by atoms with Crippen LogP contribution in [0.5, 0.6) is 0 Å². The van der Waals surface area contributed by atoms with Crippen molar-refractivity contribution in [3.63, 3.8) is 0 Å². The third-order valence-electron chi connectivity index (χ3n) is 2.58. The van der Waals surface area contributed by atoms with Crippen molar-refractivity contribution in [2.24, 2.45) is 0 Å². The summed E-state index contributed by atoms with van der Waals surface area (Å²) in [6.45, 7) is 0. The molecule has 2 heterocycles. The number of aromatic nitrogens is 4. The van der Waals surface area contributed by atoms with Gasteiger partial charge in [-0.05, 0) is 23.7 Å². The molecular formula is C11H6ClN5O2. The van der Waals surface area contributed by atoms with Crippen LogP contribution in [0, 0.1) is 10.1 Å². The fourth-order valence-corrected chi connectivity index (χ4v) is 1.83. The van der Waals surface area contributed by atoms with Crippen molar-refractivity contribution in [2.75, 3.05) is 0 Å². The van der Waals surface area contributed by atoms with Crippen LogP contribution in [0.25, 0.3) is 16.7 Å². The minimum absolute atomic E-state index is 0.0212. The van der Waals surface area contributed by atoms with E-state index in [2.05, 4.69) is 15.1 Å². The molecule has 19 heavy (non-hydrogen) atoms. The van der Waals surface area contributed by atoms with Crippen LogP contribution in [0.3, 0.4) is 0 Å². The van der Waals surface area contributed by atoms with Gasteiger partial charge in [0.05, 0.1) is 22.2 Å². The highest BCUT2D eigenvalue weighted by atomic mass is 35.5. The maximum atomic E-state index is 10.6. The smallest absolute Gasteiger partial charge is 0.258 e. The lowest BCUT2D eigenvalue weighted by atomic mass is 10.3. The molecule has 0 unspecified atom stereocenters. The van der Waals surface area contributed by atoms with Crippen molar-refractivity contribution in [3.8, 4) is 5.69 Å². The summed E-state index contributed by atoms with van der Waals surface area (Å²) in [5.74, 6) is 0. The maximum Gasteiger partial charge on any atom is 0.269 e. The number of nitro groups is 1. The van der Waals surface area contributed by atoms with Crippen LogP contribution < -0.4 is 0 Å². The Bertz CT molecular complexity index is 768. The highest BCUT2D eigenvalue weighted by molar-refractivity contribution is 6.28. The number of nitrogens with zero attached hydrogens (tertiary/aromatic N) is 5. The van der Waals surface area contributed by atoms with Crippen molar-refractivity contribution in [3.05, 3.63) is 52.1 Å². The third kappa shape index (κ3) is 2.00. The summed E-state index contributed by atoms with van der Waals surface area (Å²) in [6, 6.07) is 6.01. The standard InChI is InChI=1S/C11H6ClN5O2/c12-11-13-5-7-6-14-16(10(7)15-11)8-1-3-9(4-2-8)17(18)19/h1-6H. The molecule has 0 radical (unpaired) electrons. The lowest BCUT2D eigenvalue weighted by Crippen LogP contribution is -1.98. The molecule has 8 heteroatoms. The van der Waals surface area contributed by atoms with Gasteiger partial charge in [-0.1, -0.05) is 0 Å². The molecule has 0 spiro atoms. The Labute approximate surface area is 111 Å². The largest absolute Gasteiger partial charge is 0.269 e. The van der Waals surface area contributed by atoms with E-state index in [0.717, 1.165) is 5.39 Å². The van der Waals surface area contributed by atoms with Crippen LogP contribution in [0.15, 0.2) is 36.7 Å². The predicted octanol–water partition coefficient (Wildman–Crippen LogP) is 2.38. The van der Waals surface area contributed by atoms with Gasteiger partial charge < -0.3 is 0 Å². The lowest BCUT2D eigenvalue weighted by Gasteiger charge is -2.02. The van der Waals surface area contributed by atoms with Gasteiger partial charge >= 0.3 is 0 Å². The van der Waals surface area contributed by atoms with Gasteiger partial charge in [0.15, 0.2) is 5.65 Å². The summed E-state index contributed by atoms with van der Waals surface area (Å²) in [4.78, 5) is 18.1. The van der Waals surface area contributed by atoms with Crippen molar-refractivity contribution in [1.82, 2.24) is 19.7 Å². The fourth-order valence-electron chi connectivity index (χ4n) is 1.70. The van der Waals surface area contributed by atoms with Crippen LogP contribution in [-0.2, 0) is 0 Å². The molecule has 0 amide bonds. The van der Waals surface area contributed by atoms with Crippen LogP contribution in [-0.4, -0.2) is 24.7 Å². The molecule has 3 rings (SSSR count). The molecule has 0 N–H and O–H groups in total. The van der Waals surface area contributed by atoms with E-state index < -0.39 is 4.92 Å². The van der Waals surface area contributed by atoms with Crippen LogP contribution in [0.1, 0.15) is 0 Å². The molecule has 0 aliphatic carbocycles. The van der Waals surface area contributed by atoms with Crippen molar-refractivity contribution < 1.29 is 4.92 Å². The van der Waals surface area contributed by atoms with E-state index in [1.54, 1.807) is 29.2 Å². The maximum absolute atomic E-state index is 10.6. The molecule has 2 aromatic heterocycles. The predicted molar refractivity (Wildman–Crippen MR) is 68.3 cm³/mol. The van der Waals surface area contributed by atoms with E-state index in [0.29, 0.717) is 11.3 Å². The van der Waals surface area contributed by atoms with Gasteiger partial charge in [0.2, 0.25) is 5.28 Å². The molecule has 0 bridgehead atoms. The summed E-state index contributed by atoms with van der Waals surface area (Å²) in [5.41, 5.74) is 1.23. The number of halogens is 1. The van der Waals surface area contributed by atoms with E-state index >= 15 is 0 Å². The Morgan fingerprint density at radius 3 is 2.63 bits per heavy atom. The average molecular weight is 276 g/mol. The highest BCUT2D eigenvalue weighted by Crippen LogP contribution is 2.19. The number of fused-ring (bicyclic) bond motifs is 1. The average Bonchev–Trinajstić information content (AvgIpc) is 2.81. The lowest BCUT2D eigenvalue weighted by molar-refractivity contribution is -0.384. The van der Waals surface area contributed by atoms with Crippen LogP contribution in [0.2, 0.25) is 5.28 Å². The second kappa shape index (κ2) is 4.29. The Morgan fingerprint density at radius 1 is 1.21 bits per heavy atom. The summed E-state index contributed by atoms with van der Waals surface area (Å²) >= 11 is 5.75. The van der Waals surface area contributed by atoms with Gasteiger partial charge in [-0.2, -0.15) is 10.1 Å². The zero-order valence-corrected chi connectivity index (χ0v) is 10.2. The molecule has 0 fully saturated rings. The molecule has 0 atom stereocenters. The molecule has 0 aliphatic heterocycles. The van der Waals surface area contributed by atoms with E-state index in [9.17, 15) is 10.1 Å². The molecule has 0 saturated heterocycles. The van der Waals surface area contributed by atoms with Gasteiger partial charge in [-0.3, -0.25) is 10.1 Å². The molecule has 3 aromatic rings. The summed E-state index contributed by atoms with van der Waals surface area (Å²) < 4.78 is 1.55. The first-order chi connectivity index (χ1) is 9.15. The zero-order chi connectivity index (χ0) is 13.4. The Kier molecular flexibility index (Phi) is 2.60. The number of rotatable bonds is 2. The second-order valence-electron chi connectivity index (χ2n) is 3.75. The first-order valence-electron chi connectivity index (χ1n) is 5.26. The van der Waals surface area contributed by atoms with Gasteiger partial charge in [0, 0.05) is 18.3 Å². The number of hydrogen-bond acceptors (Lipinski definition) is 5.